The van der Waals surface area contributed by atoms with Crippen molar-refractivity contribution in [1.82, 2.24) is 0 Å². The fourth-order valence-electron chi connectivity index (χ4n) is 0.924. The van der Waals surface area contributed by atoms with Gasteiger partial charge in [-0.2, -0.15) is 0 Å². The number of carbonyl (C=O) groups is 1. The standard InChI is InChI=1S/C9H9FO2/c1-12-8-2-3-9(10)7(6-8)4-5-11/h2-3,5-6H,4H2,1H3. The van der Waals surface area contributed by atoms with Gasteiger partial charge in [-0.1, -0.05) is 0 Å². The summed E-state index contributed by atoms with van der Waals surface area (Å²) in [7, 11) is 1.50. The van der Waals surface area contributed by atoms with Crippen LogP contribution in [0.25, 0.3) is 0 Å². The average Bonchev–Trinajstić information content (AvgIpc) is 2.09. The highest BCUT2D eigenvalue weighted by Crippen LogP contribution is 2.16. The highest BCUT2D eigenvalue weighted by molar-refractivity contribution is 5.55. The van der Waals surface area contributed by atoms with Crippen LogP contribution in [0.2, 0.25) is 0 Å². The van der Waals surface area contributed by atoms with Crippen LogP contribution >= 0.6 is 0 Å². The van der Waals surface area contributed by atoms with Crippen LogP contribution < -0.4 is 4.74 Å². The normalized spacial score (nSPS) is 9.50. The molecule has 0 N–H and O–H groups in total. The molecule has 3 heteroatoms. The molecule has 1 rings (SSSR count). The summed E-state index contributed by atoms with van der Waals surface area (Å²) in [5.74, 6) is 0.191. The van der Waals surface area contributed by atoms with E-state index in [0.717, 1.165) is 0 Å². The number of benzene rings is 1. The maximum atomic E-state index is 12.9. The van der Waals surface area contributed by atoms with E-state index in [2.05, 4.69) is 0 Å². The molecule has 0 aromatic heterocycles. The first-order valence-electron chi connectivity index (χ1n) is 3.54. The van der Waals surface area contributed by atoms with E-state index in [1.54, 1.807) is 0 Å². The Balaban J connectivity index is 2.99. The van der Waals surface area contributed by atoms with Gasteiger partial charge in [-0.05, 0) is 23.8 Å². The lowest BCUT2D eigenvalue weighted by Crippen LogP contribution is -1.92. The van der Waals surface area contributed by atoms with Gasteiger partial charge < -0.3 is 9.53 Å². The second kappa shape index (κ2) is 3.85. The van der Waals surface area contributed by atoms with E-state index in [0.29, 0.717) is 17.6 Å². The summed E-state index contributed by atoms with van der Waals surface area (Å²) < 4.78 is 17.8. The molecular weight excluding hydrogens is 159 g/mol. The molecule has 64 valence electrons. The molecule has 12 heavy (non-hydrogen) atoms. The van der Waals surface area contributed by atoms with Crippen molar-refractivity contribution in [3.63, 3.8) is 0 Å². The molecule has 0 aliphatic heterocycles. The van der Waals surface area contributed by atoms with Gasteiger partial charge in [0, 0.05) is 6.42 Å². The highest BCUT2D eigenvalue weighted by Gasteiger charge is 2.02. The zero-order chi connectivity index (χ0) is 8.97. The zero-order valence-electron chi connectivity index (χ0n) is 6.71. The molecule has 0 amide bonds. The maximum Gasteiger partial charge on any atom is 0.127 e. The molecule has 0 spiro atoms. The molecule has 0 aliphatic carbocycles. The number of ether oxygens (including phenoxy) is 1. The summed E-state index contributed by atoms with van der Waals surface area (Å²) in [6.07, 6.45) is 0.751. The predicted octanol–water partition coefficient (Wildman–Crippen LogP) is 1.58. The Labute approximate surface area is 70.0 Å². The van der Waals surface area contributed by atoms with E-state index in [4.69, 9.17) is 4.74 Å². The number of halogens is 1. The molecule has 0 radical (unpaired) electrons. The van der Waals surface area contributed by atoms with Crippen molar-refractivity contribution in [2.24, 2.45) is 0 Å². The topological polar surface area (TPSA) is 26.3 Å². The summed E-state index contributed by atoms with van der Waals surface area (Å²) in [6, 6.07) is 4.32. The lowest BCUT2D eigenvalue weighted by molar-refractivity contribution is -0.107. The summed E-state index contributed by atoms with van der Waals surface area (Å²) in [5, 5.41) is 0. The van der Waals surface area contributed by atoms with Crippen molar-refractivity contribution in [2.45, 2.75) is 6.42 Å². The van der Waals surface area contributed by atoms with Crippen LogP contribution in [-0.4, -0.2) is 13.4 Å². The maximum absolute atomic E-state index is 12.9. The molecule has 2 nitrogen and oxygen atoms in total. The lowest BCUT2D eigenvalue weighted by atomic mass is 10.1. The molecule has 0 bridgehead atoms. The molecule has 1 aromatic rings. The fraction of sp³-hybridized carbons (Fsp3) is 0.222. The van der Waals surface area contributed by atoms with Crippen LogP contribution in [0, 0.1) is 5.82 Å². The predicted molar refractivity (Wildman–Crippen MR) is 42.7 cm³/mol. The van der Waals surface area contributed by atoms with Gasteiger partial charge in [0.25, 0.3) is 0 Å². The van der Waals surface area contributed by atoms with E-state index in [-0.39, 0.29) is 12.2 Å². The third kappa shape index (κ3) is 1.81. The van der Waals surface area contributed by atoms with E-state index < -0.39 is 0 Å². The molecule has 0 aliphatic rings. The Kier molecular flexibility index (Phi) is 2.80. The van der Waals surface area contributed by atoms with Crippen molar-refractivity contribution < 1.29 is 13.9 Å². The van der Waals surface area contributed by atoms with Crippen LogP contribution in [-0.2, 0) is 11.2 Å². The lowest BCUT2D eigenvalue weighted by Gasteiger charge is -2.02. The molecule has 0 saturated carbocycles. The Morgan fingerprint density at radius 3 is 2.92 bits per heavy atom. The first kappa shape index (κ1) is 8.71. The molecule has 0 unspecified atom stereocenters. The number of methoxy groups -OCH3 is 1. The van der Waals surface area contributed by atoms with Crippen LogP contribution in [0.15, 0.2) is 18.2 Å². The third-order valence-corrected chi connectivity index (χ3v) is 1.56. The zero-order valence-corrected chi connectivity index (χ0v) is 6.71. The van der Waals surface area contributed by atoms with Gasteiger partial charge >= 0.3 is 0 Å². The largest absolute Gasteiger partial charge is 0.497 e. The van der Waals surface area contributed by atoms with Crippen LogP contribution in [0.3, 0.4) is 0 Å². The first-order valence-corrected chi connectivity index (χ1v) is 3.54. The third-order valence-electron chi connectivity index (χ3n) is 1.56. The van der Waals surface area contributed by atoms with Gasteiger partial charge in [0.05, 0.1) is 7.11 Å². The van der Waals surface area contributed by atoms with E-state index >= 15 is 0 Å². The molecule has 0 atom stereocenters. The highest BCUT2D eigenvalue weighted by atomic mass is 19.1. The van der Waals surface area contributed by atoms with Gasteiger partial charge in [-0.25, -0.2) is 4.39 Å². The SMILES string of the molecule is COc1ccc(F)c(CC=O)c1. The van der Waals surface area contributed by atoms with E-state index in [9.17, 15) is 9.18 Å². The quantitative estimate of drug-likeness (QED) is 0.640. The molecule has 0 fully saturated rings. The number of rotatable bonds is 3. The number of hydrogen-bond donors (Lipinski definition) is 0. The Morgan fingerprint density at radius 2 is 2.33 bits per heavy atom. The smallest absolute Gasteiger partial charge is 0.127 e. The van der Waals surface area contributed by atoms with Gasteiger partial charge in [0.2, 0.25) is 0 Å². The minimum absolute atomic E-state index is 0.0863. The van der Waals surface area contributed by atoms with Crippen molar-refractivity contribution in [3.05, 3.63) is 29.6 Å². The van der Waals surface area contributed by atoms with Crippen molar-refractivity contribution >= 4 is 6.29 Å². The monoisotopic (exact) mass is 168 g/mol. The number of carbonyl (C=O) groups excluding carboxylic acids is 1. The summed E-state index contributed by atoms with van der Waals surface area (Å²) >= 11 is 0. The molecule has 1 aromatic carbocycles. The summed E-state index contributed by atoms with van der Waals surface area (Å²) in [6.45, 7) is 0. The van der Waals surface area contributed by atoms with Gasteiger partial charge in [-0.15, -0.1) is 0 Å². The minimum atomic E-state index is -0.372. The second-order valence-electron chi connectivity index (χ2n) is 2.33. The first-order chi connectivity index (χ1) is 5.77. The number of aldehydes is 1. The van der Waals surface area contributed by atoms with Gasteiger partial charge in [0.1, 0.15) is 17.9 Å². The molecular formula is C9H9FO2. The van der Waals surface area contributed by atoms with Crippen LogP contribution in [0.5, 0.6) is 5.75 Å². The fourth-order valence-corrected chi connectivity index (χ4v) is 0.924. The van der Waals surface area contributed by atoms with Crippen LogP contribution in [0.4, 0.5) is 4.39 Å². The van der Waals surface area contributed by atoms with Crippen molar-refractivity contribution in [1.29, 1.82) is 0 Å². The number of hydrogen-bond acceptors (Lipinski definition) is 2. The molecule has 0 saturated heterocycles. The van der Waals surface area contributed by atoms with Crippen molar-refractivity contribution in [2.75, 3.05) is 7.11 Å². The second-order valence-corrected chi connectivity index (χ2v) is 2.33. The van der Waals surface area contributed by atoms with E-state index in [1.807, 2.05) is 0 Å². The van der Waals surface area contributed by atoms with E-state index in [1.165, 1.54) is 25.3 Å². The Bertz CT molecular complexity index is 284. The average molecular weight is 168 g/mol. The summed E-state index contributed by atoms with van der Waals surface area (Å²) in [4.78, 5) is 10.1. The Hall–Kier alpha value is -1.38. The molecule has 0 heterocycles. The van der Waals surface area contributed by atoms with Gasteiger partial charge in [0.15, 0.2) is 0 Å². The Morgan fingerprint density at radius 1 is 1.58 bits per heavy atom. The van der Waals surface area contributed by atoms with Gasteiger partial charge in [-0.3, -0.25) is 0 Å². The summed E-state index contributed by atoms with van der Waals surface area (Å²) in [5.41, 5.74) is 0.365. The van der Waals surface area contributed by atoms with Crippen molar-refractivity contribution in [3.8, 4) is 5.75 Å². The minimum Gasteiger partial charge on any atom is -0.497 e. The van der Waals surface area contributed by atoms with Crippen LogP contribution in [0.1, 0.15) is 5.56 Å².